The number of H-pyrrole nitrogens is 2. The maximum absolute atomic E-state index is 12.0. The van der Waals surface area contributed by atoms with Crippen molar-refractivity contribution in [1.29, 1.82) is 0 Å². The molecule has 0 saturated carbocycles. The molecule has 3 aromatic rings. The van der Waals surface area contributed by atoms with Gasteiger partial charge >= 0.3 is 0 Å². The monoisotopic (exact) mass is 269 g/mol. The highest BCUT2D eigenvalue weighted by atomic mass is 16.2. The van der Waals surface area contributed by atoms with Gasteiger partial charge in [0.2, 0.25) is 5.95 Å². The van der Waals surface area contributed by atoms with Crippen molar-refractivity contribution in [3.05, 3.63) is 52.1 Å². The summed E-state index contributed by atoms with van der Waals surface area (Å²) in [7, 11) is 0. The summed E-state index contributed by atoms with van der Waals surface area (Å²) in [5, 5.41) is 9.47. The van der Waals surface area contributed by atoms with Gasteiger partial charge in [-0.2, -0.15) is 4.98 Å². The Morgan fingerprint density at radius 3 is 2.85 bits per heavy atom. The summed E-state index contributed by atoms with van der Waals surface area (Å²) in [4.78, 5) is 30.9. The van der Waals surface area contributed by atoms with E-state index in [-0.39, 0.29) is 17.1 Å². The number of pyridine rings is 1. The van der Waals surface area contributed by atoms with Crippen LogP contribution < -0.4 is 10.7 Å². The number of nitrogens with one attached hydrogen (secondary N) is 3. The zero-order chi connectivity index (χ0) is 14.1. The van der Waals surface area contributed by atoms with Crippen LogP contribution in [0.4, 0.5) is 5.95 Å². The number of amides is 1. The van der Waals surface area contributed by atoms with Gasteiger partial charge < -0.3 is 4.98 Å². The van der Waals surface area contributed by atoms with E-state index >= 15 is 0 Å². The number of aryl methyl sites for hydroxylation is 1. The molecule has 0 atom stereocenters. The Kier molecular flexibility index (Phi) is 2.79. The number of benzene rings is 1. The van der Waals surface area contributed by atoms with Crippen molar-refractivity contribution >= 4 is 22.8 Å². The number of carbonyl (C=O) groups excluding carboxylic acids is 1. The van der Waals surface area contributed by atoms with Gasteiger partial charge in [0, 0.05) is 17.0 Å². The van der Waals surface area contributed by atoms with Crippen molar-refractivity contribution in [3.63, 3.8) is 0 Å². The highest BCUT2D eigenvalue weighted by Crippen LogP contribution is 2.08. The lowest BCUT2D eigenvalue weighted by molar-refractivity contribution is 0.102. The first-order valence-electron chi connectivity index (χ1n) is 5.96. The Labute approximate surface area is 113 Å². The number of nitrogens with zero attached hydrogens (tertiary/aromatic N) is 2. The zero-order valence-corrected chi connectivity index (χ0v) is 10.6. The molecule has 20 heavy (non-hydrogen) atoms. The van der Waals surface area contributed by atoms with E-state index in [1.165, 1.54) is 6.07 Å². The molecule has 0 radical (unpaired) electrons. The van der Waals surface area contributed by atoms with Crippen molar-refractivity contribution in [3.8, 4) is 0 Å². The highest BCUT2D eigenvalue weighted by molar-refractivity contribution is 6.03. The molecule has 3 N–H and O–H groups in total. The van der Waals surface area contributed by atoms with E-state index < -0.39 is 5.91 Å². The average Bonchev–Trinajstić information content (AvgIpc) is 2.84. The normalized spacial score (nSPS) is 10.7. The molecule has 100 valence electrons. The molecule has 1 amide bonds. The zero-order valence-electron chi connectivity index (χ0n) is 10.6. The minimum Gasteiger partial charge on any atom is -0.350 e. The Morgan fingerprint density at radius 1 is 1.30 bits per heavy atom. The van der Waals surface area contributed by atoms with Crippen molar-refractivity contribution in [2.45, 2.75) is 6.92 Å². The number of hydrogen-bond acceptors (Lipinski definition) is 4. The topological polar surface area (TPSA) is 104 Å². The Bertz CT molecular complexity index is 849. The van der Waals surface area contributed by atoms with Gasteiger partial charge in [-0.1, -0.05) is 12.1 Å². The smallest absolute Gasteiger partial charge is 0.274 e. The van der Waals surface area contributed by atoms with Crippen molar-refractivity contribution in [1.82, 2.24) is 20.2 Å². The number of fused-ring (bicyclic) bond motifs is 1. The molecule has 0 fully saturated rings. The number of aromatic nitrogens is 4. The lowest BCUT2D eigenvalue weighted by atomic mass is 10.2. The molecular formula is C13H11N5O2. The predicted molar refractivity (Wildman–Crippen MR) is 73.6 cm³/mol. The van der Waals surface area contributed by atoms with Crippen molar-refractivity contribution in [2.75, 3.05) is 5.32 Å². The largest absolute Gasteiger partial charge is 0.350 e. The maximum Gasteiger partial charge on any atom is 0.274 e. The second-order valence-electron chi connectivity index (χ2n) is 4.29. The van der Waals surface area contributed by atoms with Gasteiger partial charge in [-0.05, 0) is 19.1 Å². The molecule has 0 spiro atoms. The summed E-state index contributed by atoms with van der Waals surface area (Å²) in [5.74, 6) is 0.292. The molecule has 2 aromatic heterocycles. The Morgan fingerprint density at radius 2 is 2.10 bits per heavy atom. The number of aromatic amines is 2. The molecule has 0 aliphatic heterocycles. The van der Waals surface area contributed by atoms with E-state index in [4.69, 9.17) is 0 Å². The van der Waals surface area contributed by atoms with Gasteiger partial charge in [0.05, 0.1) is 0 Å². The summed E-state index contributed by atoms with van der Waals surface area (Å²) < 4.78 is 0. The number of carbonyl (C=O) groups is 1. The third-order valence-electron chi connectivity index (χ3n) is 2.80. The highest BCUT2D eigenvalue weighted by Gasteiger charge is 2.11. The summed E-state index contributed by atoms with van der Waals surface area (Å²) in [6.07, 6.45) is 0. The standard InChI is InChI=1S/C13H11N5O2/c1-7-14-13(18-17-7)16-12(20)10-6-11(19)8-4-2-3-5-9(8)15-10/h2-6H,1H3,(H,15,19)(H2,14,16,17,18,20). The molecule has 0 aliphatic carbocycles. The van der Waals surface area contributed by atoms with E-state index in [0.29, 0.717) is 16.7 Å². The third-order valence-corrected chi connectivity index (χ3v) is 2.80. The van der Waals surface area contributed by atoms with Crippen LogP contribution in [0.5, 0.6) is 0 Å². The van der Waals surface area contributed by atoms with Crippen LogP contribution in [0.2, 0.25) is 0 Å². The maximum atomic E-state index is 12.0. The van der Waals surface area contributed by atoms with E-state index in [0.717, 1.165) is 0 Å². The summed E-state index contributed by atoms with van der Waals surface area (Å²) in [6, 6.07) is 8.27. The van der Waals surface area contributed by atoms with Gasteiger partial charge in [0.1, 0.15) is 11.5 Å². The van der Waals surface area contributed by atoms with Gasteiger partial charge in [-0.15, -0.1) is 5.10 Å². The number of anilines is 1. The summed E-state index contributed by atoms with van der Waals surface area (Å²) >= 11 is 0. The first-order chi connectivity index (χ1) is 9.63. The van der Waals surface area contributed by atoms with Gasteiger partial charge in [-0.25, -0.2) is 0 Å². The number of rotatable bonds is 2. The van der Waals surface area contributed by atoms with Crippen LogP contribution in [0.1, 0.15) is 16.3 Å². The fourth-order valence-corrected chi connectivity index (χ4v) is 1.89. The van der Waals surface area contributed by atoms with Crippen LogP contribution in [0.25, 0.3) is 10.9 Å². The number of para-hydroxylation sites is 1. The molecule has 0 bridgehead atoms. The minimum atomic E-state index is -0.466. The molecule has 3 rings (SSSR count). The molecule has 2 heterocycles. The van der Waals surface area contributed by atoms with Crippen molar-refractivity contribution < 1.29 is 4.79 Å². The van der Waals surface area contributed by atoms with Crippen LogP contribution in [-0.2, 0) is 0 Å². The van der Waals surface area contributed by atoms with Crippen LogP contribution >= 0.6 is 0 Å². The average molecular weight is 269 g/mol. The second kappa shape index (κ2) is 4.61. The fourth-order valence-electron chi connectivity index (χ4n) is 1.89. The Hall–Kier alpha value is -2.96. The predicted octanol–water partition coefficient (Wildman–Crippen LogP) is 1.21. The van der Waals surface area contributed by atoms with E-state index in [1.807, 2.05) is 0 Å². The first kappa shape index (κ1) is 12.1. The molecule has 7 nitrogen and oxygen atoms in total. The van der Waals surface area contributed by atoms with Crippen LogP contribution in [0.15, 0.2) is 35.1 Å². The van der Waals surface area contributed by atoms with E-state index in [9.17, 15) is 9.59 Å². The van der Waals surface area contributed by atoms with Gasteiger partial charge in [0.25, 0.3) is 5.91 Å². The van der Waals surface area contributed by atoms with Crippen molar-refractivity contribution in [2.24, 2.45) is 0 Å². The second-order valence-corrected chi connectivity index (χ2v) is 4.29. The lowest BCUT2D eigenvalue weighted by Crippen LogP contribution is -2.17. The molecule has 0 saturated heterocycles. The Balaban J connectivity index is 1.97. The summed E-state index contributed by atoms with van der Waals surface area (Å²) in [5.41, 5.74) is 0.558. The molecule has 7 heteroatoms. The summed E-state index contributed by atoms with van der Waals surface area (Å²) in [6.45, 7) is 1.72. The quantitative estimate of drug-likeness (QED) is 0.650. The van der Waals surface area contributed by atoms with Crippen LogP contribution in [0.3, 0.4) is 0 Å². The third kappa shape index (κ3) is 2.16. The fraction of sp³-hybridized carbons (Fsp3) is 0.0769. The SMILES string of the molecule is Cc1nc(NC(=O)c2cc(=O)c3ccccc3[nH]2)n[nH]1. The molecule has 0 aliphatic rings. The van der Waals surface area contributed by atoms with Gasteiger partial charge in [0.15, 0.2) is 5.43 Å². The molecule has 1 aromatic carbocycles. The van der Waals surface area contributed by atoms with E-state index in [2.05, 4.69) is 25.5 Å². The molecule has 0 unspecified atom stereocenters. The van der Waals surface area contributed by atoms with Crippen LogP contribution in [0, 0.1) is 6.92 Å². The minimum absolute atomic E-state index is 0.163. The van der Waals surface area contributed by atoms with Gasteiger partial charge in [-0.3, -0.25) is 20.0 Å². The lowest BCUT2D eigenvalue weighted by Gasteiger charge is -2.03. The number of hydrogen-bond donors (Lipinski definition) is 3. The van der Waals surface area contributed by atoms with E-state index in [1.54, 1.807) is 31.2 Å². The van der Waals surface area contributed by atoms with Crippen LogP contribution in [-0.4, -0.2) is 26.1 Å². The first-order valence-corrected chi connectivity index (χ1v) is 5.96. The molecular weight excluding hydrogens is 258 g/mol.